The molecule has 0 radical (unpaired) electrons. The number of amides is 1. The molecule has 0 spiro atoms. The molecule has 1 atom stereocenters. The number of benzene rings is 1. The van der Waals surface area contributed by atoms with Gasteiger partial charge in [-0.2, -0.15) is 5.10 Å². The fraction of sp³-hybridized carbons (Fsp3) is 0.400. The second-order valence-electron chi connectivity index (χ2n) is 7.52. The maximum Gasteiger partial charge on any atom is 0.264 e. The van der Waals surface area contributed by atoms with Crippen molar-refractivity contribution in [1.29, 1.82) is 0 Å². The number of carbonyl (C=O) groups excluding carboxylic acids is 1. The number of hydrogen-bond donors (Lipinski definition) is 3. The predicted molar refractivity (Wildman–Crippen MR) is 108 cm³/mol. The second kappa shape index (κ2) is 7.53. The molecule has 0 saturated heterocycles. The number of sulfone groups is 1. The predicted octanol–water partition coefficient (Wildman–Crippen LogP) is 0.581. The second-order valence-corrected chi connectivity index (χ2v) is 9.96. The highest BCUT2D eigenvalue weighted by Crippen LogP contribution is 2.30. The molecule has 1 aromatic carbocycles. The minimum absolute atomic E-state index is 0.0463. The highest BCUT2D eigenvalue weighted by Gasteiger charge is 2.43. The van der Waals surface area contributed by atoms with Crippen molar-refractivity contribution in [2.24, 2.45) is 5.73 Å². The van der Waals surface area contributed by atoms with E-state index in [1.54, 1.807) is 10.9 Å². The van der Waals surface area contributed by atoms with Gasteiger partial charge >= 0.3 is 0 Å². The molecule has 4 N–H and O–H groups in total. The Morgan fingerprint density at radius 1 is 1.41 bits per heavy atom. The van der Waals surface area contributed by atoms with Crippen LogP contribution in [0.4, 0.5) is 0 Å². The maximum atomic E-state index is 12.0. The fourth-order valence-electron chi connectivity index (χ4n) is 2.70. The van der Waals surface area contributed by atoms with Crippen LogP contribution in [0, 0.1) is 23.7 Å². The summed E-state index contributed by atoms with van der Waals surface area (Å²) in [6.45, 7) is 1.45. The Balaban J connectivity index is 1.77. The van der Waals surface area contributed by atoms with Gasteiger partial charge in [0.2, 0.25) is 0 Å². The number of rotatable bonds is 5. The average molecular weight is 414 g/mol. The molecule has 1 unspecified atom stereocenters. The summed E-state index contributed by atoms with van der Waals surface area (Å²) in [6, 6.07) is 5.49. The third kappa shape index (κ3) is 4.60. The van der Waals surface area contributed by atoms with Gasteiger partial charge < -0.3 is 5.73 Å². The van der Waals surface area contributed by atoms with Crippen LogP contribution in [0.1, 0.15) is 31.7 Å². The Labute approximate surface area is 169 Å². The molecule has 8 nitrogen and oxygen atoms in total. The monoisotopic (exact) mass is 414 g/mol. The Bertz CT molecular complexity index is 1190. The van der Waals surface area contributed by atoms with E-state index in [-0.39, 0.29) is 18.5 Å². The van der Waals surface area contributed by atoms with E-state index in [2.05, 4.69) is 28.8 Å². The van der Waals surface area contributed by atoms with E-state index in [1.165, 1.54) is 12.4 Å². The molecule has 1 saturated carbocycles. The standard InChI is InChI=1S/C20H22N4O4S/c1-19(18(25)23-26,29(2,27)28)11-12-24-14-16-13-15(6-7-17(16)22-24)5-3-4-8-20(21)9-10-20/h6-7,13-14,26H,9-12,21H2,1-2H3,(H,23,25). The van der Waals surface area contributed by atoms with Gasteiger partial charge in [-0.1, -0.05) is 11.8 Å². The number of aromatic nitrogens is 2. The lowest BCUT2D eigenvalue weighted by Crippen LogP contribution is -2.49. The summed E-state index contributed by atoms with van der Waals surface area (Å²) in [6.07, 6.45) is 4.49. The van der Waals surface area contributed by atoms with Gasteiger partial charge in [-0.25, -0.2) is 13.9 Å². The Kier molecular flexibility index (Phi) is 5.42. The molecular formula is C20H22N4O4S. The van der Waals surface area contributed by atoms with Gasteiger partial charge in [0.25, 0.3) is 5.91 Å². The number of nitrogens with zero attached hydrogens (tertiary/aromatic N) is 2. The normalized spacial score (nSPS) is 16.7. The first kappa shape index (κ1) is 20.9. The van der Waals surface area contributed by atoms with E-state index in [4.69, 9.17) is 10.9 Å². The number of hydroxylamine groups is 1. The summed E-state index contributed by atoms with van der Waals surface area (Å²) < 4.78 is 23.9. The zero-order valence-corrected chi connectivity index (χ0v) is 17.0. The largest absolute Gasteiger partial charge is 0.315 e. The first-order valence-corrected chi connectivity index (χ1v) is 10.9. The molecule has 1 aliphatic carbocycles. The van der Waals surface area contributed by atoms with E-state index in [0.717, 1.165) is 30.0 Å². The van der Waals surface area contributed by atoms with Crippen molar-refractivity contribution in [3.8, 4) is 23.7 Å². The van der Waals surface area contributed by atoms with Gasteiger partial charge in [0, 0.05) is 29.9 Å². The summed E-state index contributed by atoms with van der Waals surface area (Å²) in [5.41, 5.74) is 8.46. The number of fused-ring (bicyclic) bond motifs is 1. The Morgan fingerprint density at radius 2 is 2.14 bits per heavy atom. The Hall–Kier alpha value is -2.85. The van der Waals surface area contributed by atoms with Crippen LogP contribution in [0.3, 0.4) is 0 Å². The smallest absolute Gasteiger partial charge is 0.264 e. The molecule has 9 heteroatoms. The van der Waals surface area contributed by atoms with Crippen LogP contribution in [0.15, 0.2) is 24.4 Å². The van der Waals surface area contributed by atoms with Crippen molar-refractivity contribution in [3.05, 3.63) is 30.0 Å². The molecule has 1 fully saturated rings. The molecule has 1 aliphatic rings. The van der Waals surface area contributed by atoms with Gasteiger partial charge in [0.15, 0.2) is 14.6 Å². The lowest BCUT2D eigenvalue weighted by Gasteiger charge is -2.24. The van der Waals surface area contributed by atoms with Gasteiger partial charge in [0.05, 0.1) is 11.1 Å². The third-order valence-corrected chi connectivity index (χ3v) is 7.17. The Morgan fingerprint density at radius 3 is 2.76 bits per heavy atom. The number of nitrogens with two attached hydrogens (primary N) is 1. The molecule has 2 aromatic rings. The van der Waals surface area contributed by atoms with Crippen molar-refractivity contribution in [2.75, 3.05) is 6.26 Å². The van der Waals surface area contributed by atoms with Gasteiger partial charge in [0.1, 0.15) is 0 Å². The van der Waals surface area contributed by atoms with Crippen LogP contribution in [0.2, 0.25) is 0 Å². The van der Waals surface area contributed by atoms with Gasteiger partial charge in [-0.3, -0.25) is 14.7 Å². The SMILES string of the molecule is CC(CCn1cc2cc(C#CC#CC3(N)CC3)ccc2n1)(C(=O)NO)S(C)(=O)=O. The van der Waals surface area contributed by atoms with Crippen molar-refractivity contribution in [3.63, 3.8) is 0 Å². The van der Waals surface area contributed by atoms with Crippen LogP contribution in [0.5, 0.6) is 0 Å². The summed E-state index contributed by atoms with van der Waals surface area (Å²) in [7, 11) is -3.75. The van der Waals surface area contributed by atoms with E-state index >= 15 is 0 Å². The molecule has 152 valence electrons. The summed E-state index contributed by atoms with van der Waals surface area (Å²) in [5, 5.41) is 14.1. The van der Waals surface area contributed by atoms with E-state index in [1.807, 2.05) is 18.2 Å². The van der Waals surface area contributed by atoms with Crippen LogP contribution in [-0.4, -0.2) is 45.9 Å². The first-order valence-electron chi connectivity index (χ1n) is 9.00. The van der Waals surface area contributed by atoms with Crippen molar-refractivity contribution in [2.45, 2.75) is 43.0 Å². The minimum Gasteiger partial charge on any atom is -0.315 e. The van der Waals surface area contributed by atoms with E-state index in [9.17, 15) is 13.2 Å². The maximum absolute atomic E-state index is 12.0. The van der Waals surface area contributed by atoms with Crippen LogP contribution in [0.25, 0.3) is 10.9 Å². The lowest BCUT2D eigenvalue weighted by molar-refractivity contribution is -0.131. The third-order valence-electron chi connectivity index (χ3n) is 5.14. The molecule has 29 heavy (non-hydrogen) atoms. The first-order chi connectivity index (χ1) is 13.6. The number of nitrogens with one attached hydrogen (secondary N) is 1. The zero-order chi connectivity index (χ0) is 21.3. The minimum atomic E-state index is -3.75. The molecular weight excluding hydrogens is 392 g/mol. The molecule has 1 aromatic heterocycles. The molecule has 1 amide bonds. The van der Waals surface area contributed by atoms with Crippen molar-refractivity contribution in [1.82, 2.24) is 15.3 Å². The lowest BCUT2D eigenvalue weighted by atomic mass is 10.1. The molecule has 0 aliphatic heterocycles. The highest BCUT2D eigenvalue weighted by molar-refractivity contribution is 7.92. The zero-order valence-electron chi connectivity index (χ0n) is 16.2. The van der Waals surface area contributed by atoms with Crippen LogP contribution in [-0.2, 0) is 21.2 Å². The van der Waals surface area contributed by atoms with Crippen LogP contribution < -0.4 is 11.2 Å². The van der Waals surface area contributed by atoms with Crippen LogP contribution >= 0.6 is 0 Å². The topological polar surface area (TPSA) is 127 Å². The molecule has 3 rings (SSSR count). The van der Waals surface area contributed by atoms with Gasteiger partial charge in [-0.05, 0) is 56.2 Å². The highest BCUT2D eigenvalue weighted by atomic mass is 32.2. The van der Waals surface area contributed by atoms with Crippen molar-refractivity contribution >= 4 is 26.6 Å². The average Bonchev–Trinajstić information content (AvgIpc) is 3.25. The summed E-state index contributed by atoms with van der Waals surface area (Å²) in [4.78, 5) is 11.9. The summed E-state index contributed by atoms with van der Waals surface area (Å²) in [5.74, 6) is 10.5. The number of hydrogen-bond acceptors (Lipinski definition) is 6. The van der Waals surface area contributed by atoms with E-state index < -0.39 is 20.5 Å². The molecule has 1 heterocycles. The van der Waals surface area contributed by atoms with Gasteiger partial charge in [-0.15, -0.1) is 0 Å². The van der Waals surface area contributed by atoms with Crippen molar-refractivity contribution < 1.29 is 18.4 Å². The number of carbonyl (C=O) groups is 1. The molecule has 0 bridgehead atoms. The quantitative estimate of drug-likeness (QED) is 0.373. The summed E-state index contributed by atoms with van der Waals surface area (Å²) >= 11 is 0. The number of aryl methyl sites for hydroxylation is 1. The fourth-order valence-corrected chi connectivity index (χ4v) is 3.55. The van der Waals surface area contributed by atoms with E-state index in [0.29, 0.717) is 5.52 Å².